The van der Waals surface area contributed by atoms with E-state index in [1.54, 1.807) is 12.4 Å². The van der Waals surface area contributed by atoms with Gasteiger partial charge >= 0.3 is 0 Å². The highest BCUT2D eigenvalue weighted by Crippen LogP contribution is 2.23. The largest absolute Gasteiger partial charge is 0.492 e. The van der Waals surface area contributed by atoms with E-state index in [4.69, 9.17) is 4.74 Å². The Morgan fingerprint density at radius 2 is 1.86 bits per heavy atom. The quantitative estimate of drug-likeness (QED) is 0.705. The number of aromatic nitrogens is 2. The lowest BCUT2D eigenvalue weighted by Crippen LogP contribution is -2.21. The number of rotatable bonds is 6. The van der Waals surface area contributed by atoms with Gasteiger partial charge in [0.05, 0.1) is 11.2 Å². The van der Waals surface area contributed by atoms with Crippen LogP contribution in [0.15, 0.2) is 60.9 Å². The Kier molecular flexibility index (Phi) is 4.39. The van der Waals surface area contributed by atoms with Crippen molar-refractivity contribution in [3.8, 4) is 5.75 Å². The molecule has 21 heavy (non-hydrogen) atoms. The topological polar surface area (TPSA) is 47.0 Å². The molecule has 1 aromatic carbocycles. The summed E-state index contributed by atoms with van der Waals surface area (Å²) < 4.78 is 5.83. The molecule has 106 valence electrons. The highest BCUT2D eigenvalue weighted by atomic mass is 16.5. The van der Waals surface area contributed by atoms with Gasteiger partial charge in [0.2, 0.25) is 0 Å². The van der Waals surface area contributed by atoms with Crippen LogP contribution >= 0.6 is 0 Å². The van der Waals surface area contributed by atoms with Gasteiger partial charge in [-0.3, -0.25) is 9.97 Å². The molecule has 0 unspecified atom stereocenters. The summed E-state index contributed by atoms with van der Waals surface area (Å²) >= 11 is 0. The first-order valence-electron chi connectivity index (χ1n) is 7.01. The van der Waals surface area contributed by atoms with E-state index in [1.807, 2.05) is 48.5 Å². The summed E-state index contributed by atoms with van der Waals surface area (Å²) in [6.45, 7) is 2.13. The minimum Gasteiger partial charge on any atom is -0.492 e. The summed E-state index contributed by atoms with van der Waals surface area (Å²) in [5, 5.41) is 4.36. The molecule has 2 heterocycles. The number of ether oxygens (including phenoxy) is 1. The molecule has 0 saturated carbocycles. The van der Waals surface area contributed by atoms with Gasteiger partial charge in [-0.25, -0.2) is 0 Å². The molecule has 0 bridgehead atoms. The van der Waals surface area contributed by atoms with Gasteiger partial charge in [0.25, 0.3) is 0 Å². The van der Waals surface area contributed by atoms with Crippen LogP contribution in [0.3, 0.4) is 0 Å². The van der Waals surface area contributed by atoms with E-state index < -0.39 is 0 Å². The first kappa shape index (κ1) is 13.5. The van der Waals surface area contributed by atoms with Gasteiger partial charge in [0.1, 0.15) is 12.4 Å². The second-order valence-electron chi connectivity index (χ2n) is 4.67. The standard InChI is InChI=1S/C17H17N3O/c1-2-9-19-14(5-1)13-18-11-12-21-17-8-3-7-16-15(17)6-4-10-20-16/h1-10,18H,11-13H2. The molecule has 4 heteroatoms. The van der Waals surface area contributed by atoms with Crippen LogP contribution in [0.5, 0.6) is 5.75 Å². The van der Waals surface area contributed by atoms with Crippen molar-refractivity contribution in [1.82, 2.24) is 15.3 Å². The lowest BCUT2D eigenvalue weighted by atomic mass is 10.2. The summed E-state index contributed by atoms with van der Waals surface area (Å²) in [6.07, 6.45) is 3.59. The van der Waals surface area contributed by atoms with Crippen LogP contribution in [0.4, 0.5) is 0 Å². The van der Waals surface area contributed by atoms with Crippen molar-refractivity contribution in [2.24, 2.45) is 0 Å². The molecule has 3 rings (SSSR count). The van der Waals surface area contributed by atoms with Gasteiger partial charge < -0.3 is 10.1 Å². The van der Waals surface area contributed by atoms with Crippen LogP contribution in [0.2, 0.25) is 0 Å². The number of nitrogens with one attached hydrogen (secondary N) is 1. The number of hydrogen-bond donors (Lipinski definition) is 1. The van der Waals surface area contributed by atoms with Crippen molar-refractivity contribution >= 4 is 10.9 Å². The van der Waals surface area contributed by atoms with Gasteiger partial charge in [-0.05, 0) is 36.4 Å². The van der Waals surface area contributed by atoms with Gasteiger partial charge in [0.15, 0.2) is 0 Å². The summed E-state index contributed by atoms with van der Waals surface area (Å²) in [5.74, 6) is 0.875. The number of nitrogens with zero attached hydrogens (tertiary/aromatic N) is 2. The second kappa shape index (κ2) is 6.81. The molecule has 0 spiro atoms. The minimum absolute atomic E-state index is 0.612. The van der Waals surface area contributed by atoms with E-state index in [0.717, 1.165) is 35.4 Å². The minimum atomic E-state index is 0.612. The molecular weight excluding hydrogens is 262 g/mol. The third-order valence-corrected chi connectivity index (χ3v) is 3.17. The molecular formula is C17H17N3O. The molecule has 0 saturated heterocycles. The van der Waals surface area contributed by atoms with Crippen LogP contribution in [-0.2, 0) is 6.54 Å². The van der Waals surface area contributed by atoms with Crippen LogP contribution in [0.1, 0.15) is 5.69 Å². The lowest BCUT2D eigenvalue weighted by Gasteiger charge is -2.09. The summed E-state index contributed by atoms with van der Waals surface area (Å²) in [4.78, 5) is 8.59. The first-order valence-corrected chi connectivity index (χ1v) is 7.01. The van der Waals surface area contributed by atoms with E-state index in [0.29, 0.717) is 6.61 Å². The van der Waals surface area contributed by atoms with Crippen LogP contribution < -0.4 is 10.1 Å². The van der Waals surface area contributed by atoms with Crippen LogP contribution in [0, 0.1) is 0 Å². The average molecular weight is 279 g/mol. The maximum atomic E-state index is 5.83. The van der Waals surface area contributed by atoms with E-state index >= 15 is 0 Å². The fourth-order valence-electron chi connectivity index (χ4n) is 2.15. The number of hydrogen-bond acceptors (Lipinski definition) is 4. The molecule has 0 aliphatic rings. The molecule has 0 aliphatic carbocycles. The van der Waals surface area contributed by atoms with E-state index in [2.05, 4.69) is 15.3 Å². The molecule has 0 atom stereocenters. The van der Waals surface area contributed by atoms with Gasteiger partial charge in [0, 0.05) is 30.9 Å². The van der Waals surface area contributed by atoms with Crippen molar-refractivity contribution in [1.29, 1.82) is 0 Å². The molecule has 0 fully saturated rings. The Morgan fingerprint density at radius 3 is 2.76 bits per heavy atom. The highest BCUT2D eigenvalue weighted by Gasteiger charge is 2.01. The monoisotopic (exact) mass is 279 g/mol. The Balaban J connectivity index is 1.51. The van der Waals surface area contributed by atoms with Crippen LogP contribution in [-0.4, -0.2) is 23.1 Å². The third-order valence-electron chi connectivity index (χ3n) is 3.17. The molecule has 0 amide bonds. The zero-order chi connectivity index (χ0) is 14.3. The predicted molar refractivity (Wildman–Crippen MR) is 83.2 cm³/mol. The second-order valence-corrected chi connectivity index (χ2v) is 4.67. The SMILES string of the molecule is c1ccc(CNCCOc2cccc3ncccc23)nc1. The Labute approximate surface area is 123 Å². The summed E-state index contributed by atoms with van der Waals surface area (Å²) in [5.41, 5.74) is 1.99. The fourth-order valence-corrected chi connectivity index (χ4v) is 2.15. The maximum absolute atomic E-state index is 5.83. The number of fused-ring (bicyclic) bond motifs is 1. The fraction of sp³-hybridized carbons (Fsp3) is 0.176. The number of benzene rings is 1. The zero-order valence-corrected chi connectivity index (χ0v) is 11.7. The molecule has 0 aliphatic heterocycles. The van der Waals surface area contributed by atoms with E-state index in [1.165, 1.54) is 0 Å². The molecule has 0 radical (unpaired) electrons. The zero-order valence-electron chi connectivity index (χ0n) is 11.7. The van der Waals surface area contributed by atoms with Gasteiger partial charge in [-0.1, -0.05) is 12.1 Å². The molecule has 4 nitrogen and oxygen atoms in total. The van der Waals surface area contributed by atoms with Crippen molar-refractivity contribution in [3.63, 3.8) is 0 Å². The summed E-state index contributed by atoms with van der Waals surface area (Å²) in [6, 6.07) is 15.8. The number of pyridine rings is 2. The normalized spacial score (nSPS) is 10.7. The smallest absolute Gasteiger partial charge is 0.128 e. The van der Waals surface area contributed by atoms with Crippen LogP contribution in [0.25, 0.3) is 10.9 Å². The maximum Gasteiger partial charge on any atom is 0.128 e. The lowest BCUT2D eigenvalue weighted by molar-refractivity contribution is 0.317. The third kappa shape index (κ3) is 3.55. The summed E-state index contributed by atoms with van der Waals surface area (Å²) in [7, 11) is 0. The first-order chi connectivity index (χ1) is 10.4. The van der Waals surface area contributed by atoms with Gasteiger partial charge in [-0.2, -0.15) is 0 Å². The van der Waals surface area contributed by atoms with E-state index in [-0.39, 0.29) is 0 Å². The van der Waals surface area contributed by atoms with Gasteiger partial charge in [-0.15, -0.1) is 0 Å². The van der Waals surface area contributed by atoms with E-state index in [9.17, 15) is 0 Å². The Morgan fingerprint density at radius 1 is 0.905 bits per heavy atom. The Bertz CT molecular complexity index is 695. The average Bonchev–Trinajstić information content (AvgIpc) is 2.56. The van der Waals surface area contributed by atoms with Crippen molar-refractivity contribution < 1.29 is 4.74 Å². The highest BCUT2D eigenvalue weighted by molar-refractivity contribution is 5.84. The van der Waals surface area contributed by atoms with Crippen molar-refractivity contribution in [2.45, 2.75) is 6.54 Å². The Hall–Kier alpha value is -2.46. The molecule has 2 aromatic heterocycles. The molecule has 3 aromatic rings. The molecule has 1 N–H and O–H groups in total. The van der Waals surface area contributed by atoms with Crippen molar-refractivity contribution in [3.05, 3.63) is 66.6 Å². The predicted octanol–water partition coefficient (Wildman–Crippen LogP) is 2.80. The van der Waals surface area contributed by atoms with Crippen molar-refractivity contribution in [2.75, 3.05) is 13.2 Å².